The molecule has 0 aromatic carbocycles. The minimum atomic E-state index is 0.0518. The van der Waals surface area contributed by atoms with E-state index in [4.69, 9.17) is 4.74 Å². The van der Waals surface area contributed by atoms with Crippen LogP contribution in [-0.4, -0.2) is 16.9 Å². The highest BCUT2D eigenvalue weighted by Crippen LogP contribution is 2.68. The second kappa shape index (κ2) is 20.1. The van der Waals surface area contributed by atoms with Crippen LogP contribution < -0.4 is 0 Å². The smallest absolute Gasteiger partial charge is 0.306 e. The van der Waals surface area contributed by atoms with E-state index in [0.29, 0.717) is 16.7 Å². The third-order valence-corrected chi connectivity index (χ3v) is 15.4. The van der Waals surface area contributed by atoms with Crippen LogP contribution in [0.5, 0.6) is 0 Å². The van der Waals surface area contributed by atoms with Gasteiger partial charge in [0.05, 0.1) is 0 Å². The molecular formula is C45H79BrO2. The van der Waals surface area contributed by atoms with Crippen molar-refractivity contribution >= 4 is 21.9 Å². The molecule has 0 amide bonds. The Morgan fingerprint density at radius 2 is 1.38 bits per heavy atom. The average Bonchev–Trinajstić information content (AvgIpc) is 3.40. The number of hydrogen-bond donors (Lipinski definition) is 0. The zero-order valence-corrected chi connectivity index (χ0v) is 34.4. The topological polar surface area (TPSA) is 26.3 Å². The van der Waals surface area contributed by atoms with E-state index < -0.39 is 0 Å². The molecule has 4 rings (SSSR count). The van der Waals surface area contributed by atoms with Crippen molar-refractivity contribution in [3.05, 3.63) is 11.6 Å². The molecule has 3 heteroatoms. The number of rotatable bonds is 22. The van der Waals surface area contributed by atoms with Gasteiger partial charge in [-0.2, -0.15) is 0 Å². The number of carbonyl (C=O) groups is 1. The van der Waals surface area contributed by atoms with Crippen molar-refractivity contribution < 1.29 is 9.53 Å². The van der Waals surface area contributed by atoms with Gasteiger partial charge in [-0.1, -0.05) is 178 Å². The number of allylic oxidation sites excluding steroid dienone is 1. The fraction of sp³-hybridized carbons (Fsp3) is 0.933. The number of fused-ring (bicyclic) bond motifs is 5. The Morgan fingerprint density at radius 1 is 0.771 bits per heavy atom. The Kier molecular flexibility index (Phi) is 16.9. The van der Waals surface area contributed by atoms with Crippen molar-refractivity contribution in [1.29, 1.82) is 0 Å². The maximum absolute atomic E-state index is 12.9. The quantitative estimate of drug-likeness (QED) is 0.0480. The lowest BCUT2D eigenvalue weighted by molar-refractivity contribution is -0.151. The fourth-order valence-electron chi connectivity index (χ4n) is 11.6. The fourth-order valence-corrected chi connectivity index (χ4v) is 12.6. The summed E-state index contributed by atoms with van der Waals surface area (Å²) in [7, 11) is 0. The summed E-state index contributed by atoms with van der Waals surface area (Å²) in [6.07, 6.45) is 36.7. The molecule has 9 atom stereocenters. The second-order valence-electron chi connectivity index (χ2n) is 18.4. The molecule has 48 heavy (non-hydrogen) atoms. The first-order chi connectivity index (χ1) is 23.1. The van der Waals surface area contributed by atoms with Crippen molar-refractivity contribution in [3.8, 4) is 0 Å². The van der Waals surface area contributed by atoms with E-state index >= 15 is 0 Å². The van der Waals surface area contributed by atoms with Gasteiger partial charge in [-0.05, 0) is 91.3 Å². The third-order valence-electron chi connectivity index (χ3n) is 14.5. The maximum atomic E-state index is 12.9. The Hall–Kier alpha value is -0.310. The molecule has 0 N–H and O–H groups in total. The largest absolute Gasteiger partial charge is 0.462 e. The molecule has 0 aliphatic heterocycles. The van der Waals surface area contributed by atoms with E-state index in [0.717, 1.165) is 54.8 Å². The van der Waals surface area contributed by atoms with Crippen LogP contribution in [0.1, 0.15) is 208 Å². The maximum Gasteiger partial charge on any atom is 0.306 e. The van der Waals surface area contributed by atoms with Crippen LogP contribution in [0, 0.1) is 46.3 Å². The molecule has 0 saturated heterocycles. The van der Waals surface area contributed by atoms with Crippen LogP contribution >= 0.6 is 15.9 Å². The van der Waals surface area contributed by atoms with Gasteiger partial charge < -0.3 is 4.74 Å². The SMILES string of the molecule is CCCCCCCCCCCCCCCCCC(=O)O[C@H]1CC[C@@]2(C)C(=CC(Br)[C@H]3[C@@H]4CC[C@H]([C@H](C)CCCC(C)C)[C@@]4(C)CC[C@@H]32)C1. The van der Waals surface area contributed by atoms with Crippen LogP contribution in [0.25, 0.3) is 0 Å². The molecule has 4 aliphatic carbocycles. The molecule has 0 bridgehead atoms. The molecular weight excluding hydrogens is 652 g/mol. The lowest BCUT2D eigenvalue weighted by Gasteiger charge is -2.59. The predicted octanol–water partition coefficient (Wildman–Crippen LogP) is 14.6. The first-order valence-electron chi connectivity index (χ1n) is 21.6. The predicted molar refractivity (Wildman–Crippen MR) is 211 cm³/mol. The summed E-state index contributed by atoms with van der Waals surface area (Å²) in [5, 5.41) is 0. The molecule has 0 heterocycles. The van der Waals surface area contributed by atoms with Gasteiger partial charge in [-0.3, -0.25) is 4.79 Å². The summed E-state index contributed by atoms with van der Waals surface area (Å²) in [5.74, 6) is 5.01. The zero-order chi connectivity index (χ0) is 34.6. The van der Waals surface area contributed by atoms with Gasteiger partial charge in [0, 0.05) is 17.7 Å². The number of hydrogen-bond acceptors (Lipinski definition) is 2. The van der Waals surface area contributed by atoms with Gasteiger partial charge in [-0.15, -0.1) is 0 Å². The summed E-state index contributed by atoms with van der Waals surface area (Å²) < 4.78 is 6.15. The standard InChI is InChI=1S/C45H79BrO2/c1-7-8-9-10-11-12-13-14-15-16-17-18-19-20-21-25-42(47)48-37-28-30-44(5)36(32-37)33-41(46)43-39-27-26-38(35(4)24-22-23-34(2)3)45(39,6)31-29-40(43)44/h33-35,37-41,43H,7-32H2,1-6H3/t35-,37+,38-,39+,40+,41?,43+,44+,45-/m1/s1. The van der Waals surface area contributed by atoms with Gasteiger partial charge in [0.2, 0.25) is 0 Å². The highest BCUT2D eigenvalue weighted by Gasteiger charge is 2.61. The van der Waals surface area contributed by atoms with Gasteiger partial charge >= 0.3 is 5.97 Å². The average molecular weight is 732 g/mol. The van der Waals surface area contributed by atoms with Crippen LogP contribution in [0.3, 0.4) is 0 Å². The summed E-state index contributed by atoms with van der Waals surface area (Å²) in [4.78, 5) is 13.3. The van der Waals surface area contributed by atoms with Gasteiger partial charge in [0.25, 0.3) is 0 Å². The molecule has 4 aliphatic rings. The van der Waals surface area contributed by atoms with Crippen molar-refractivity contribution in [1.82, 2.24) is 0 Å². The van der Waals surface area contributed by atoms with E-state index in [-0.39, 0.29) is 17.5 Å². The summed E-state index contributed by atoms with van der Waals surface area (Å²) >= 11 is 4.27. The second-order valence-corrected chi connectivity index (χ2v) is 19.5. The van der Waals surface area contributed by atoms with E-state index in [1.807, 2.05) is 0 Å². The van der Waals surface area contributed by atoms with Crippen LogP contribution in [0.2, 0.25) is 0 Å². The molecule has 2 nitrogen and oxygen atoms in total. The monoisotopic (exact) mass is 731 g/mol. The van der Waals surface area contributed by atoms with Gasteiger partial charge in [0.1, 0.15) is 6.10 Å². The molecule has 0 aromatic heterocycles. The Balaban J connectivity index is 1.13. The summed E-state index contributed by atoms with van der Waals surface area (Å²) in [6.45, 7) is 14.9. The van der Waals surface area contributed by atoms with Crippen LogP contribution in [0.4, 0.5) is 0 Å². The number of alkyl halides is 1. The normalized spacial score (nSPS) is 33.5. The van der Waals surface area contributed by atoms with Crippen molar-refractivity contribution in [2.45, 2.75) is 219 Å². The van der Waals surface area contributed by atoms with Crippen LogP contribution in [0.15, 0.2) is 11.6 Å². The summed E-state index contributed by atoms with van der Waals surface area (Å²) in [5.41, 5.74) is 2.39. The highest BCUT2D eigenvalue weighted by molar-refractivity contribution is 9.09. The summed E-state index contributed by atoms with van der Waals surface area (Å²) in [6, 6.07) is 0. The van der Waals surface area contributed by atoms with E-state index in [1.165, 1.54) is 141 Å². The van der Waals surface area contributed by atoms with E-state index in [9.17, 15) is 4.79 Å². The van der Waals surface area contributed by atoms with Crippen molar-refractivity contribution in [3.63, 3.8) is 0 Å². The molecule has 1 unspecified atom stereocenters. The number of ether oxygens (including phenoxy) is 1. The molecule has 0 spiro atoms. The minimum Gasteiger partial charge on any atom is -0.462 e. The van der Waals surface area contributed by atoms with Crippen LogP contribution in [-0.2, 0) is 9.53 Å². The number of carbonyl (C=O) groups excluding carboxylic acids is 1. The molecule has 0 radical (unpaired) electrons. The number of halogens is 1. The Labute approximate surface area is 307 Å². The van der Waals surface area contributed by atoms with Gasteiger partial charge in [0.15, 0.2) is 0 Å². The Morgan fingerprint density at radius 3 is 1.98 bits per heavy atom. The molecule has 3 fully saturated rings. The number of esters is 1. The van der Waals surface area contributed by atoms with Crippen molar-refractivity contribution in [2.75, 3.05) is 0 Å². The number of unbranched alkanes of at least 4 members (excludes halogenated alkanes) is 14. The minimum absolute atomic E-state index is 0.0518. The van der Waals surface area contributed by atoms with Gasteiger partial charge in [-0.25, -0.2) is 0 Å². The lowest BCUT2D eigenvalue weighted by atomic mass is 9.47. The zero-order valence-electron chi connectivity index (χ0n) is 32.8. The molecule has 278 valence electrons. The third kappa shape index (κ3) is 10.9. The molecule has 3 saturated carbocycles. The first kappa shape index (κ1) is 40.5. The van der Waals surface area contributed by atoms with E-state index in [2.05, 4.69) is 63.5 Å². The van der Waals surface area contributed by atoms with Crippen molar-refractivity contribution in [2.24, 2.45) is 46.3 Å². The first-order valence-corrected chi connectivity index (χ1v) is 22.6. The highest BCUT2D eigenvalue weighted by atomic mass is 79.9. The lowest BCUT2D eigenvalue weighted by Crippen LogP contribution is -2.54. The van der Waals surface area contributed by atoms with E-state index in [1.54, 1.807) is 5.57 Å². The Bertz CT molecular complexity index is 972. The molecule has 0 aromatic rings.